The summed E-state index contributed by atoms with van der Waals surface area (Å²) in [6.07, 6.45) is 0.737. The molecule has 1 aromatic rings. The largest absolute Gasteiger partial charge is 0.481 e. The Morgan fingerprint density at radius 3 is 2.71 bits per heavy atom. The lowest BCUT2D eigenvalue weighted by atomic mass is 10.0. The average molecular weight is 292 g/mol. The van der Waals surface area contributed by atoms with Crippen LogP contribution in [0.1, 0.15) is 23.7 Å². The molecule has 3 N–H and O–H groups in total. The average Bonchev–Trinajstić information content (AvgIpc) is 2.94. The molecule has 0 saturated carbocycles. The molecule has 0 radical (unpaired) electrons. The van der Waals surface area contributed by atoms with Gasteiger partial charge in [0.1, 0.15) is 5.92 Å². The van der Waals surface area contributed by atoms with Gasteiger partial charge in [0.25, 0.3) is 5.91 Å². The quantitative estimate of drug-likeness (QED) is 0.796. The van der Waals surface area contributed by atoms with Gasteiger partial charge < -0.3 is 20.5 Å². The molecule has 0 aromatic heterocycles. The van der Waals surface area contributed by atoms with Crippen molar-refractivity contribution in [3.63, 3.8) is 0 Å². The Morgan fingerprint density at radius 1 is 1.38 bits per heavy atom. The van der Waals surface area contributed by atoms with Crippen LogP contribution in [0.4, 0.5) is 5.69 Å². The molecule has 0 bridgehead atoms. The van der Waals surface area contributed by atoms with Crippen LogP contribution >= 0.6 is 0 Å². The predicted octanol–water partition coefficient (Wildman–Crippen LogP) is 1.22. The fourth-order valence-corrected chi connectivity index (χ4v) is 2.59. The molecule has 114 valence electrons. The highest BCUT2D eigenvalue weighted by Crippen LogP contribution is 2.24. The molecular weight excluding hydrogens is 272 g/mol. The molecule has 1 aliphatic heterocycles. The Hall–Kier alpha value is -2.08. The first-order valence-electron chi connectivity index (χ1n) is 7.02. The summed E-state index contributed by atoms with van der Waals surface area (Å²) in [5.74, 6) is -1.87. The molecule has 0 aliphatic carbocycles. The second-order valence-corrected chi connectivity index (χ2v) is 5.14. The van der Waals surface area contributed by atoms with Gasteiger partial charge in [-0.05, 0) is 18.6 Å². The molecule has 1 heterocycles. The number of para-hydroxylation sites is 1. The molecule has 1 aliphatic rings. The van der Waals surface area contributed by atoms with E-state index in [1.807, 2.05) is 6.92 Å². The Bertz CT molecular complexity index is 532. The summed E-state index contributed by atoms with van der Waals surface area (Å²) in [6.45, 7) is 2.80. The second-order valence-electron chi connectivity index (χ2n) is 5.14. The van der Waals surface area contributed by atoms with E-state index in [2.05, 4.69) is 0 Å². The lowest BCUT2D eigenvalue weighted by molar-refractivity contribution is -0.142. The molecule has 2 atom stereocenters. The van der Waals surface area contributed by atoms with Crippen molar-refractivity contribution < 1.29 is 19.4 Å². The fraction of sp³-hybridized carbons (Fsp3) is 0.467. The molecule has 21 heavy (non-hydrogen) atoms. The minimum Gasteiger partial charge on any atom is -0.481 e. The zero-order valence-corrected chi connectivity index (χ0v) is 12.0. The smallest absolute Gasteiger partial charge is 0.311 e. The SMILES string of the molecule is CCCN(C(=O)c1ccccc1N)C1COCC1C(=O)O. The number of nitrogen functional groups attached to an aromatic ring is 1. The molecule has 2 rings (SSSR count). The van der Waals surface area contributed by atoms with Crippen LogP contribution in [-0.2, 0) is 9.53 Å². The Kier molecular flexibility index (Phi) is 4.80. The number of aliphatic carboxylic acids is 1. The van der Waals surface area contributed by atoms with E-state index in [1.165, 1.54) is 0 Å². The van der Waals surface area contributed by atoms with Crippen molar-refractivity contribution in [1.29, 1.82) is 0 Å². The molecule has 6 heteroatoms. The minimum atomic E-state index is -0.938. The van der Waals surface area contributed by atoms with Crippen LogP contribution < -0.4 is 5.73 Å². The highest BCUT2D eigenvalue weighted by molar-refractivity contribution is 5.99. The van der Waals surface area contributed by atoms with E-state index in [0.717, 1.165) is 6.42 Å². The number of hydrogen-bond acceptors (Lipinski definition) is 4. The summed E-state index contributed by atoms with van der Waals surface area (Å²) in [4.78, 5) is 25.6. The van der Waals surface area contributed by atoms with Crippen LogP contribution in [0.25, 0.3) is 0 Å². The maximum Gasteiger partial charge on any atom is 0.311 e. The first-order chi connectivity index (χ1) is 10.1. The number of carbonyl (C=O) groups is 2. The summed E-state index contributed by atoms with van der Waals surface area (Å²) < 4.78 is 5.27. The minimum absolute atomic E-state index is 0.137. The topological polar surface area (TPSA) is 92.9 Å². The molecule has 0 spiro atoms. The molecule has 1 saturated heterocycles. The molecule has 1 aromatic carbocycles. The molecule has 2 unspecified atom stereocenters. The molecule has 1 amide bonds. The zero-order chi connectivity index (χ0) is 15.4. The van der Waals surface area contributed by atoms with E-state index < -0.39 is 17.9 Å². The highest BCUT2D eigenvalue weighted by Gasteiger charge is 2.40. The van der Waals surface area contributed by atoms with E-state index >= 15 is 0 Å². The third-order valence-corrected chi connectivity index (χ3v) is 3.68. The summed E-state index contributed by atoms with van der Waals surface area (Å²) in [6, 6.07) is 6.38. The van der Waals surface area contributed by atoms with Gasteiger partial charge in [-0.3, -0.25) is 9.59 Å². The Balaban J connectivity index is 2.28. The lowest BCUT2D eigenvalue weighted by Crippen LogP contribution is -2.47. The number of anilines is 1. The van der Waals surface area contributed by atoms with E-state index in [4.69, 9.17) is 10.5 Å². The van der Waals surface area contributed by atoms with Gasteiger partial charge in [-0.15, -0.1) is 0 Å². The van der Waals surface area contributed by atoms with Crippen molar-refractivity contribution in [3.8, 4) is 0 Å². The normalized spacial score (nSPS) is 21.2. The predicted molar refractivity (Wildman–Crippen MR) is 77.9 cm³/mol. The molecule has 6 nitrogen and oxygen atoms in total. The summed E-state index contributed by atoms with van der Waals surface area (Å²) >= 11 is 0. The highest BCUT2D eigenvalue weighted by atomic mass is 16.5. The second kappa shape index (κ2) is 6.58. The number of ether oxygens (including phenoxy) is 1. The monoisotopic (exact) mass is 292 g/mol. The van der Waals surface area contributed by atoms with Crippen molar-refractivity contribution >= 4 is 17.6 Å². The van der Waals surface area contributed by atoms with Crippen molar-refractivity contribution in [3.05, 3.63) is 29.8 Å². The summed E-state index contributed by atoms with van der Waals surface area (Å²) in [5.41, 5.74) is 6.66. The standard InChI is InChI=1S/C15H20N2O4/c1-2-7-17(13-9-21-8-11(13)15(19)20)14(18)10-5-3-4-6-12(10)16/h3-6,11,13H,2,7-9,16H2,1H3,(H,19,20). The maximum absolute atomic E-state index is 12.7. The first-order valence-corrected chi connectivity index (χ1v) is 7.02. The van der Waals surface area contributed by atoms with Crippen molar-refractivity contribution in [2.45, 2.75) is 19.4 Å². The lowest BCUT2D eigenvalue weighted by Gasteiger charge is -2.30. The van der Waals surface area contributed by atoms with Gasteiger partial charge in [0.15, 0.2) is 0 Å². The third kappa shape index (κ3) is 3.16. The van der Waals surface area contributed by atoms with E-state index in [1.54, 1.807) is 29.2 Å². The van der Waals surface area contributed by atoms with Gasteiger partial charge in [0.2, 0.25) is 0 Å². The molecular formula is C15H20N2O4. The number of carboxylic acid groups (broad SMARTS) is 1. The van der Waals surface area contributed by atoms with Gasteiger partial charge in [0, 0.05) is 12.2 Å². The molecule has 1 fully saturated rings. The first kappa shape index (κ1) is 15.3. The number of benzene rings is 1. The van der Waals surface area contributed by atoms with Crippen molar-refractivity contribution in [1.82, 2.24) is 4.90 Å². The maximum atomic E-state index is 12.7. The van der Waals surface area contributed by atoms with Crippen LogP contribution in [0.2, 0.25) is 0 Å². The van der Waals surface area contributed by atoms with Crippen molar-refractivity contribution in [2.75, 3.05) is 25.5 Å². The number of nitrogens with zero attached hydrogens (tertiary/aromatic N) is 1. The van der Waals surface area contributed by atoms with Crippen LogP contribution in [0.15, 0.2) is 24.3 Å². The van der Waals surface area contributed by atoms with E-state index in [-0.39, 0.29) is 19.1 Å². The number of amides is 1. The van der Waals surface area contributed by atoms with Crippen LogP contribution in [-0.4, -0.2) is 47.7 Å². The zero-order valence-electron chi connectivity index (χ0n) is 12.0. The number of carboxylic acids is 1. The number of hydrogen-bond donors (Lipinski definition) is 2. The van der Waals surface area contributed by atoms with Gasteiger partial charge >= 0.3 is 5.97 Å². The fourth-order valence-electron chi connectivity index (χ4n) is 2.59. The van der Waals surface area contributed by atoms with Crippen LogP contribution in [0.3, 0.4) is 0 Å². The number of carbonyl (C=O) groups excluding carboxylic acids is 1. The van der Waals surface area contributed by atoms with E-state index in [0.29, 0.717) is 17.8 Å². The summed E-state index contributed by atoms with van der Waals surface area (Å²) in [7, 11) is 0. The van der Waals surface area contributed by atoms with Crippen LogP contribution in [0, 0.1) is 5.92 Å². The third-order valence-electron chi connectivity index (χ3n) is 3.68. The Morgan fingerprint density at radius 2 is 2.10 bits per heavy atom. The van der Waals surface area contributed by atoms with Gasteiger partial charge in [-0.1, -0.05) is 19.1 Å². The Labute approximate surface area is 123 Å². The number of nitrogens with two attached hydrogens (primary N) is 1. The van der Waals surface area contributed by atoms with Gasteiger partial charge in [-0.25, -0.2) is 0 Å². The summed E-state index contributed by atoms with van der Waals surface area (Å²) in [5, 5.41) is 9.27. The van der Waals surface area contributed by atoms with Crippen molar-refractivity contribution in [2.24, 2.45) is 5.92 Å². The van der Waals surface area contributed by atoms with E-state index in [9.17, 15) is 14.7 Å². The van der Waals surface area contributed by atoms with Gasteiger partial charge in [0.05, 0.1) is 24.8 Å². The van der Waals surface area contributed by atoms with Gasteiger partial charge in [-0.2, -0.15) is 0 Å². The number of rotatable bonds is 5. The van der Waals surface area contributed by atoms with Crippen LogP contribution in [0.5, 0.6) is 0 Å².